The quantitative estimate of drug-likeness (QED) is 0.600. The zero-order valence-corrected chi connectivity index (χ0v) is 13.6. The van der Waals surface area contributed by atoms with E-state index in [1.807, 2.05) is 10.6 Å². The van der Waals surface area contributed by atoms with Crippen LogP contribution in [0.3, 0.4) is 0 Å². The third-order valence-electron chi connectivity index (χ3n) is 3.60. The highest BCUT2D eigenvalue weighted by Crippen LogP contribution is 2.26. The highest BCUT2D eigenvalue weighted by atomic mass is 19.1. The standard InChI is InChI=1S/C15H21F2N3O4/c1-8(20(2)3)9-6-10(16)13(11(17)7-9)19-14(22)12(4-5-21)18-15(23)24/h6-8,12,18,21H,4-5H2,1-3H3,(H,19,22)(H,23,24)/t8-,12+/m1/s1. The molecule has 1 aromatic carbocycles. The third-order valence-corrected chi connectivity index (χ3v) is 3.60. The first kappa shape index (κ1) is 19.8. The summed E-state index contributed by atoms with van der Waals surface area (Å²) < 4.78 is 28.3. The molecule has 0 saturated carbocycles. The summed E-state index contributed by atoms with van der Waals surface area (Å²) in [5, 5.41) is 21.4. The average Bonchev–Trinajstić information content (AvgIpc) is 2.48. The minimum absolute atomic E-state index is 0.225. The Balaban J connectivity index is 3.01. The molecule has 0 unspecified atom stereocenters. The van der Waals surface area contributed by atoms with E-state index in [1.54, 1.807) is 25.9 Å². The lowest BCUT2D eigenvalue weighted by atomic mass is 10.1. The van der Waals surface area contributed by atoms with E-state index < -0.39 is 42.0 Å². The van der Waals surface area contributed by atoms with Gasteiger partial charge in [-0.3, -0.25) is 4.79 Å². The number of nitrogens with zero attached hydrogens (tertiary/aromatic N) is 1. The lowest BCUT2D eigenvalue weighted by Crippen LogP contribution is -2.44. The molecule has 0 heterocycles. The maximum Gasteiger partial charge on any atom is 0.405 e. The Kier molecular flexibility index (Phi) is 7.05. The monoisotopic (exact) mass is 345 g/mol. The van der Waals surface area contributed by atoms with Gasteiger partial charge in [0.1, 0.15) is 23.4 Å². The number of carbonyl (C=O) groups excluding carboxylic acids is 1. The second-order valence-corrected chi connectivity index (χ2v) is 5.50. The second kappa shape index (κ2) is 8.55. The Labute approximate surface area is 138 Å². The van der Waals surface area contributed by atoms with E-state index >= 15 is 0 Å². The highest BCUT2D eigenvalue weighted by Gasteiger charge is 2.23. The molecule has 24 heavy (non-hydrogen) atoms. The maximum absolute atomic E-state index is 14.1. The summed E-state index contributed by atoms with van der Waals surface area (Å²) in [4.78, 5) is 24.4. The number of nitrogens with one attached hydrogen (secondary N) is 2. The molecular formula is C15H21F2N3O4. The Morgan fingerprint density at radius 3 is 2.21 bits per heavy atom. The van der Waals surface area contributed by atoms with Gasteiger partial charge < -0.3 is 25.7 Å². The van der Waals surface area contributed by atoms with Crippen molar-refractivity contribution in [1.82, 2.24) is 10.2 Å². The molecule has 1 rings (SSSR count). The fourth-order valence-corrected chi connectivity index (χ4v) is 2.01. The summed E-state index contributed by atoms with van der Waals surface area (Å²) in [5.41, 5.74) is -0.270. The molecule has 0 aliphatic heterocycles. The van der Waals surface area contributed by atoms with Crippen molar-refractivity contribution < 1.29 is 28.6 Å². The fraction of sp³-hybridized carbons (Fsp3) is 0.467. The Morgan fingerprint density at radius 2 is 1.79 bits per heavy atom. The molecule has 0 aromatic heterocycles. The second-order valence-electron chi connectivity index (χ2n) is 5.50. The number of hydrogen-bond donors (Lipinski definition) is 4. The van der Waals surface area contributed by atoms with Crippen molar-refractivity contribution in [2.24, 2.45) is 0 Å². The van der Waals surface area contributed by atoms with E-state index in [4.69, 9.17) is 10.2 Å². The molecule has 0 saturated heterocycles. The van der Waals surface area contributed by atoms with Gasteiger partial charge in [-0.25, -0.2) is 13.6 Å². The Bertz CT molecular complexity index is 587. The summed E-state index contributed by atoms with van der Waals surface area (Å²) in [6.07, 6.45) is -1.71. The van der Waals surface area contributed by atoms with Gasteiger partial charge in [0, 0.05) is 12.6 Å². The summed E-state index contributed by atoms with van der Waals surface area (Å²) >= 11 is 0. The van der Waals surface area contributed by atoms with E-state index in [1.165, 1.54) is 0 Å². The van der Waals surface area contributed by atoms with Crippen LogP contribution in [0.5, 0.6) is 0 Å². The smallest absolute Gasteiger partial charge is 0.405 e. The Hall–Kier alpha value is -2.26. The van der Waals surface area contributed by atoms with Crippen LogP contribution < -0.4 is 10.6 Å². The van der Waals surface area contributed by atoms with Gasteiger partial charge in [0.15, 0.2) is 0 Å². The van der Waals surface area contributed by atoms with Crippen LogP contribution in [0.4, 0.5) is 19.3 Å². The van der Waals surface area contributed by atoms with Crippen molar-refractivity contribution in [1.29, 1.82) is 0 Å². The number of carbonyl (C=O) groups is 2. The van der Waals surface area contributed by atoms with Gasteiger partial charge in [-0.05, 0) is 45.1 Å². The molecule has 0 bridgehead atoms. The Morgan fingerprint density at radius 1 is 1.25 bits per heavy atom. The third kappa shape index (κ3) is 5.14. The summed E-state index contributed by atoms with van der Waals surface area (Å²) in [6.45, 7) is 1.29. The molecule has 0 fully saturated rings. The lowest BCUT2D eigenvalue weighted by Gasteiger charge is -2.21. The van der Waals surface area contributed by atoms with Gasteiger partial charge in [-0.2, -0.15) is 0 Å². The molecule has 1 aromatic rings. The minimum Gasteiger partial charge on any atom is -0.465 e. The molecule has 9 heteroatoms. The van der Waals surface area contributed by atoms with Gasteiger partial charge in [-0.1, -0.05) is 0 Å². The molecule has 0 spiro atoms. The number of aliphatic hydroxyl groups excluding tert-OH is 1. The summed E-state index contributed by atoms with van der Waals surface area (Å²) in [5.74, 6) is -2.90. The summed E-state index contributed by atoms with van der Waals surface area (Å²) in [7, 11) is 3.51. The van der Waals surface area contributed by atoms with Crippen molar-refractivity contribution in [3.63, 3.8) is 0 Å². The molecule has 0 radical (unpaired) electrons. The first-order chi connectivity index (χ1) is 11.2. The predicted octanol–water partition coefficient (Wildman–Crippen LogP) is 1.54. The highest BCUT2D eigenvalue weighted by molar-refractivity contribution is 5.96. The zero-order valence-electron chi connectivity index (χ0n) is 13.6. The van der Waals surface area contributed by atoms with Crippen LogP contribution >= 0.6 is 0 Å². The molecule has 7 nitrogen and oxygen atoms in total. The van der Waals surface area contributed by atoms with Crippen molar-refractivity contribution in [3.8, 4) is 0 Å². The largest absolute Gasteiger partial charge is 0.465 e. The van der Waals surface area contributed by atoms with E-state index in [0.717, 1.165) is 12.1 Å². The van der Waals surface area contributed by atoms with E-state index in [9.17, 15) is 18.4 Å². The molecule has 2 amide bonds. The van der Waals surface area contributed by atoms with Crippen LogP contribution in [0, 0.1) is 11.6 Å². The SMILES string of the molecule is C[C@H](c1cc(F)c(NC(=O)[C@H](CCO)NC(=O)O)c(F)c1)N(C)C. The number of hydrogen-bond acceptors (Lipinski definition) is 4. The molecule has 4 N–H and O–H groups in total. The zero-order chi connectivity index (χ0) is 18.4. The van der Waals surface area contributed by atoms with Crippen molar-refractivity contribution in [2.45, 2.75) is 25.4 Å². The van der Waals surface area contributed by atoms with Crippen molar-refractivity contribution >= 4 is 17.7 Å². The van der Waals surface area contributed by atoms with E-state index in [2.05, 4.69) is 0 Å². The van der Waals surface area contributed by atoms with Gasteiger partial charge in [0.2, 0.25) is 5.91 Å². The molecule has 134 valence electrons. The van der Waals surface area contributed by atoms with Crippen LogP contribution in [0.25, 0.3) is 0 Å². The normalized spacial score (nSPS) is 13.5. The van der Waals surface area contributed by atoms with Gasteiger partial charge in [0.25, 0.3) is 0 Å². The van der Waals surface area contributed by atoms with Gasteiger partial charge >= 0.3 is 6.09 Å². The van der Waals surface area contributed by atoms with Crippen LogP contribution in [-0.4, -0.2) is 53.9 Å². The molecule has 2 atom stereocenters. The number of anilines is 1. The van der Waals surface area contributed by atoms with Crippen LogP contribution in [0.1, 0.15) is 24.9 Å². The van der Waals surface area contributed by atoms with E-state index in [0.29, 0.717) is 5.56 Å². The molecule has 0 aliphatic rings. The average molecular weight is 345 g/mol. The topological polar surface area (TPSA) is 102 Å². The first-order valence-corrected chi connectivity index (χ1v) is 7.23. The molecule has 0 aliphatic carbocycles. The number of rotatable bonds is 7. The van der Waals surface area contributed by atoms with Gasteiger partial charge in [0.05, 0.1) is 0 Å². The molecular weight excluding hydrogens is 324 g/mol. The number of carboxylic acid groups (broad SMARTS) is 1. The van der Waals surface area contributed by atoms with Crippen molar-refractivity contribution in [2.75, 3.05) is 26.0 Å². The fourth-order valence-electron chi connectivity index (χ4n) is 2.01. The van der Waals surface area contributed by atoms with E-state index in [-0.39, 0.29) is 12.5 Å². The number of aliphatic hydroxyl groups is 1. The predicted molar refractivity (Wildman–Crippen MR) is 83.7 cm³/mol. The van der Waals surface area contributed by atoms with Crippen molar-refractivity contribution in [3.05, 3.63) is 29.3 Å². The lowest BCUT2D eigenvalue weighted by molar-refractivity contribution is -0.118. The first-order valence-electron chi connectivity index (χ1n) is 7.23. The number of amides is 2. The van der Waals surface area contributed by atoms with Crippen LogP contribution in [-0.2, 0) is 4.79 Å². The minimum atomic E-state index is -1.49. The number of benzene rings is 1. The summed E-state index contributed by atoms with van der Waals surface area (Å²) in [6, 6.07) is 0.644. The van der Waals surface area contributed by atoms with Crippen LogP contribution in [0.2, 0.25) is 0 Å². The van der Waals surface area contributed by atoms with Crippen LogP contribution in [0.15, 0.2) is 12.1 Å². The number of halogens is 2. The van der Waals surface area contributed by atoms with Gasteiger partial charge in [-0.15, -0.1) is 0 Å². The maximum atomic E-state index is 14.1.